The first kappa shape index (κ1) is 22.7. The van der Waals surface area contributed by atoms with Crippen molar-refractivity contribution in [2.75, 3.05) is 6.26 Å². The maximum absolute atomic E-state index is 13.0. The Balaban J connectivity index is 2.29. The highest BCUT2D eigenvalue weighted by Gasteiger charge is 2.25. The minimum absolute atomic E-state index is 0.0325. The quantitative estimate of drug-likeness (QED) is 0.337. The fourth-order valence-electron chi connectivity index (χ4n) is 2.03. The molecule has 1 amide bonds. The first-order valence-electron chi connectivity index (χ1n) is 7.87. The highest BCUT2D eigenvalue weighted by Crippen LogP contribution is 2.41. The molecule has 0 fully saturated rings. The van der Waals surface area contributed by atoms with Crippen molar-refractivity contribution in [2.45, 2.75) is 40.4 Å². The van der Waals surface area contributed by atoms with Gasteiger partial charge in [0.05, 0.1) is 20.3 Å². The Kier molecular flexibility index (Phi) is 7.18. The average molecular weight is 507 g/mol. The van der Waals surface area contributed by atoms with Gasteiger partial charge < -0.3 is 9.84 Å². The van der Waals surface area contributed by atoms with Gasteiger partial charge in [-0.25, -0.2) is 18.2 Å². The van der Waals surface area contributed by atoms with E-state index in [4.69, 9.17) is 4.74 Å². The van der Waals surface area contributed by atoms with E-state index in [1.54, 1.807) is 27.0 Å². The van der Waals surface area contributed by atoms with Crippen molar-refractivity contribution in [3.05, 3.63) is 28.7 Å². The van der Waals surface area contributed by atoms with Gasteiger partial charge in [0.25, 0.3) is 0 Å². The number of phenolic OH excluding ortho intramolecular Hbond substituents is 1. The van der Waals surface area contributed by atoms with Crippen LogP contribution in [0.5, 0.6) is 5.75 Å². The number of benzene rings is 1. The summed E-state index contributed by atoms with van der Waals surface area (Å²) in [4.78, 5) is 15.8. The molecule has 11 heteroatoms. The summed E-state index contributed by atoms with van der Waals surface area (Å²) in [6, 6.07) is 5.44. The number of hydrogen-bond acceptors (Lipinski definition) is 8. The number of sulfone groups is 1. The number of amides is 1. The second kappa shape index (κ2) is 8.85. The van der Waals surface area contributed by atoms with Gasteiger partial charge in [0.2, 0.25) is 9.84 Å². The van der Waals surface area contributed by atoms with E-state index in [-0.39, 0.29) is 15.5 Å². The van der Waals surface area contributed by atoms with Gasteiger partial charge in [0.1, 0.15) is 16.4 Å². The monoisotopic (exact) mass is 506 g/mol. The van der Waals surface area contributed by atoms with Gasteiger partial charge >= 0.3 is 6.09 Å². The van der Waals surface area contributed by atoms with E-state index in [9.17, 15) is 18.3 Å². The van der Waals surface area contributed by atoms with E-state index in [0.29, 0.717) is 13.7 Å². The lowest BCUT2D eigenvalue weighted by atomic mass is 10.2. The molecule has 152 valence electrons. The molecule has 2 rings (SSSR count). The van der Waals surface area contributed by atoms with Crippen LogP contribution < -0.4 is 5.32 Å². The Morgan fingerprint density at radius 1 is 1.32 bits per heavy atom. The van der Waals surface area contributed by atoms with Crippen molar-refractivity contribution in [3.8, 4) is 5.75 Å². The number of hydrogen-bond donors (Lipinski definition) is 2. The van der Waals surface area contributed by atoms with Crippen LogP contribution in [0.25, 0.3) is 0 Å². The van der Waals surface area contributed by atoms with Gasteiger partial charge in [-0.2, -0.15) is 0 Å². The minimum Gasteiger partial charge on any atom is -0.508 e. The summed E-state index contributed by atoms with van der Waals surface area (Å²) in [5, 5.41) is 12.5. The third-order valence-electron chi connectivity index (χ3n) is 3.07. The third kappa shape index (κ3) is 5.97. The lowest BCUT2D eigenvalue weighted by Crippen LogP contribution is -2.31. The van der Waals surface area contributed by atoms with E-state index in [0.717, 1.165) is 6.34 Å². The number of aliphatic imine (C=N–C) groups is 1. The van der Waals surface area contributed by atoms with Crippen LogP contribution in [0.3, 0.4) is 0 Å². The van der Waals surface area contributed by atoms with E-state index in [2.05, 4.69) is 26.2 Å². The van der Waals surface area contributed by atoms with Crippen molar-refractivity contribution in [3.63, 3.8) is 0 Å². The number of halogens is 1. The Morgan fingerprint density at radius 2 is 2.00 bits per heavy atom. The predicted octanol–water partition coefficient (Wildman–Crippen LogP) is 4.96. The zero-order chi connectivity index (χ0) is 21.1. The zero-order valence-electron chi connectivity index (χ0n) is 15.5. The number of alkyl carbamates (subject to hydrolysis) is 1. The molecule has 1 aromatic heterocycles. The summed E-state index contributed by atoms with van der Waals surface area (Å²) in [6.45, 7) is 5.22. The van der Waals surface area contributed by atoms with Gasteiger partial charge in [-0.15, -0.1) is 23.1 Å². The fourth-order valence-corrected chi connectivity index (χ4v) is 6.55. The van der Waals surface area contributed by atoms with Crippen LogP contribution in [0.1, 0.15) is 20.8 Å². The summed E-state index contributed by atoms with van der Waals surface area (Å²) in [7, 11) is -3.86. The summed E-state index contributed by atoms with van der Waals surface area (Å²) >= 11 is 5.63. The van der Waals surface area contributed by atoms with Gasteiger partial charge in [-0.05, 0) is 51.3 Å². The van der Waals surface area contributed by atoms with E-state index < -0.39 is 21.5 Å². The molecule has 0 saturated heterocycles. The average Bonchev–Trinajstić information content (AvgIpc) is 2.96. The SMILES string of the molecule is CSc1sc(/N=C/NC(=O)OC(C)(C)C)cc1S(=O)(=O)c1cc(O)cc(Br)c1. The van der Waals surface area contributed by atoms with Crippen molar-refractivity contribution >= 4 is 66.3 Å². The Hall–Kier alpha value is -1.56. The van der Waals surface area contributed by atoms with Crippen LogP contribution >= 0.6 is 39.0 Å². The number of phenols is 1. The fraction of sp³-hybridized carbons (Fsp3) is 0.294. The van der Waals surface area contributed by atoms with Crippen molar-refractivity contribution in [1.82, 2.24) is 5.32 Å². The first-order chi connectivity index (χ1) is 12.9. The van der Waals surface area contributed by atoms with Crippen molar-refractivity contribution in [2.24, 2.45) is 4.99 Å². The lowest BCUT2D eigenvalue weighted by Gasteiger charge is -2.18. The number of aromatic hydroxyl groups is 1. The number of ether oxygens (including phenoxy) is 1. The standard InChI is InChI=1S/C17H19BrN2O5S3/c1-17(2,3)25-16(22)20-9-19-14-8-13(15(26-4)27-14)28(23,24)12-6-10(18)5-11(21)7-12/h5-9,21H,1-4H3,(H,19,20,22). The molecule has 2 aromatic rings. The second-order valence-electron chi connectivity index (χ2n) is 6.49. The molecule has 1 aromatic carbocycles. The molecule has 0 atom stereocenters. The number of nitrogens with one attached hydrogen (secondary N) is 1. The van der Waals surface area contributed by atoms with Crippen LogP contribution in [0.2, 0.25) is 0 Å². The number of nitrogens with zero attached hydrogens (tertiary/aromatic N) is 1. The van der Waals surface area contributed by atoms with E-state index >= 15 is 0 Å². The topological polar surface area (TPSA) is 105 Å². The van der Waals surface area contributed by atoms with Crippen LogP contribution in [-0.2, 0) is 14.6 Å². The van der Waals surface area contributed by atoms with Crippen molar-refractivity contribution < 1.29 is 23.1 Å². The van der Waals surface area contributed by atoms with Crippen LogP contribution in [0.15, 0.2) is 47.7 Å². The van der Waals surface area contributed by atoms with Gasteiger partial charge in [-0.1, -0.05) is 15.9 Å². The summed E-state index contributed by atoms with van der Waals surface area (Å²) in [5.74, 6) is -0.159. The van der Waals surface area contributed by atoms with Gasteiger partial charge in [0.15, 0.2) is 0 Å². The summed E-state index contributed by atoms with van der Waals surface area (Å²) in [6.07, 6.45) is 2.26. The van der Waals surface area contributed by atoms with E-state index in [1.807, 2.05) is 0 Å². The molecular weight excluding hydrogens is 488 g/mol. The molecular formula is C17H19BrN2O5S3. The maximum atomic E-state index is 13.0. The van der Waals surface area contributed by atoms with Crippen LogP contribution in [-0.4, -0.2) is 37.8 Å². The zero-order valence-corrected chi connectivity index (χ0v) is 19.6. The molecule has 1 heterocycles. The molecule has 0 radical (unpaired) electrons. The van der Waals surface area contributed by atoms with Gasteiger partial charge in [0, 0.05) is 4.47 Å². The molecule has 0 unspecified atom stereocenters. The van der Waals surface area contributed by atoms with E-state index in [1.165, 1.54) is 47.4 Å². The van der Waals surface area contributed by atoms with Gasteiger partial charge in [-0.3, -0.25) is 5.32 Å². The molecule has 0 spiro atoms. The molecule has 0 aliphatic rings. The minimum atomic E-state index is -3.86. The summed E-state index contributed by atoms with van der Waals surface area (Å²) < 4.78 is 32.1. The Bertz CT molecular complexity index is 990. The number of thiophene rings is 1. The molecule has 0 aliphatic heterocycles. The molecule has 0 bridgehead atoms. The largest absolute Gasteiger partial charge is 0.508 e. The molecule has 28 heavy (non-hydrogen) atoms. The highest BCUT2D eigenvalue weighted by atomic mass is 79.9. The summed E-state index contributed by atoms with van der Waals surface area (Å²) in [5.41, 5.74) is -0.635. The maximum Gasteiger partial charge on any atom is 0.412 e. The smallest absolute Gasteiger partial charge is 0.412 e. The molecule has 0 saturated carbocycles. The molecule has 2 N–H and O–H groups in total. The number of carbonyl (C=O) groups is 1. The predicted molar refractivity (Wildman–Crippen MR) is 115 cm³/mol. The Morgan fingerprint density at radius 3 is 2.57 bits per heavy atom. The first-order valence-corrected chi connectivity index (χ1v) is 12.2. The normalized spacial score (nSPS) is 12.3. The van der Waals surface area contributed by atoms with Crippen LogP contribution in [0, 0.1) is 0 Å². The number of thioether (sulfide) groups is 1. The number of carbonyl (C=O) groups excluding carboxylic acids is 1. The molecule has 7 nitrogen and oxygen atoms in total. The lowest BCUT2D eigenvalue weighted by molar-refractivity contribution is 0.0565. The second-order valence-corrected chi connectivity index (χ2v) is 11.4. The Labute approximate surface area is 180 Å². The molecule has 0 aliphatic carbocycles. The van der Waals surface area contributed by atoms with Crippen molar-refractivity contribution in [1.29, 1.82) is 0 Å². The van der Waals surface area contributed by atoms with Crippen LogP contribution in [0.4, 0.5) is 9.80 Å². The number of rotatable bonds is 5. The highest BCUT2D eigenvalue weighted by molar-refractivity contribution is 9.10. The third-order valence-corrected chi connectivity index (χ3v) is 7.72.